The van der Waals surface area contributed by atoms with Crippen LogP contribution in [-0.2, 0) is 13.1 Å². The molecular formula is C16H19N7O2. The van der Waals surface area contributed by atoms with E-state index in [0.717, 1.165) is 11.1 Å². The van der Waals surface area contributed by atoms with E-state index >= 15 is 0 Å². The summed E-state index contributed by atoms with van der Waals surface area (Å²) in [5.41, 5.74) is 1.87. The Kier molecular flexibility index (Phi) is 4.85. The van der Waals surface area contributed by atoms with Crippen LogP contribution in [0.2, 0.25) is 0 Å². The summed E-state index contributed by atoms with van der Waals surface area (Å²) in [6.45, 7) is 3.26. The number of rotatable bonds is 6. The molecule has 0 radical (unpaired) electrons. The van der Waals surface area contributed by atoms with Crippen molar-refractivity contribution in [3.05, 3.63) is 62.4 Å². The summed E-state index contributed by atoms with van der Waals surface area (Å²) in [6, 6.07) is 9.27. The summed E-state index contributed by atoms with van der Waals surface area (Å²) in [5.74, 6) is 0.544. The van der Waals surface area contributed by atoms with Gasteiger partial charge in [0, 0.05) is 37.0 Å². The fourth-order valence-corrected chi connectivity index (χ4v) is 2.60. The summed E-state index contributed by atoms with van der Waals surface area (Å²) in [7, 11) is 1.94. The highest BCUT2D eigenvalue weighted by atomic mass is 16.2. The summed E-state index contributed by atoms with van der Waals surface area (Å²) in [5, 5.41) is 13.9. The molecule has 9 nitrogen and oxygen atoms in total. The van der Waals surface area contributed by atoms with Gasteiger partial charge in [-0.3, -0.25) is 9.36 Å². The van der Waals surface area contributed by atoms with Gasteiger partial charge in [0.25, 0.3) is 5.56 Å². The van der Waals surface area contributed by atoms with Gasteiger partial charge in [0.2, 0.25) is 5.82 Å². The molecule has 0 spiro atoms. The van der Waals surface area contributed by atoms with Crippen molar-refractivity contribution in [2.75, 3.05) is 13.6 Å². The zero-order valence-electron chi connectivity index (χ0n) is 14.1. The number of hydrogen-bond donors (Lipinski definition) is 2. The number of hydrogen-bond acceptors (Lipinski definition) is 6. The average molecular weight is 341 g/mol. The van der Waals surface area contributed by atoms with E-state index in [0.29, 0.717) is 31.2 Å². The molecule has 0 aliphatic heterocycles. The molecule has 3 aromatic rings. The summed E-state index contributed by atoms with van der Waals surface area (Å²) >= 11 is 0. The van der Waals surface area contributed by atoms with Gasteiger partial charge in [-0.2, -0.15) is 5.21 Å². The van der Waals surface area contributed by atoms with Crippen molar-refractivity contribution in [3.63, 3.8) is 0 Å². The molecule has 0 saturated carbocycles. The van der Waals surface area contributed by atoms with Crippen LogP contribution in [0.15, 0.2) is 39.9 Å². The summed E-state index contributed by atoms with van der Waals surface area (Å²) in [4.78, 5) is 28.5. The van der Waals surface area contributed by atoms with E-state index in [1.54, 1.807) is 6.92 Å². The Balaban J connectivity index is 1.66. The molecule has 0 fully saturated rings. The molecule has 25 heavy (non-hydrogen) atoms. The van der Waals surface area contributed by atoms with Gasteiger partial charge in [-0.25, -0.2) is 4.79 Å². The number of aromatic nitrogens is 6. The summed E-state index contributed by atoms with van der Waals surface area (Å²) in [6.07, 6.45) is 0. The van der Waals surface area contributed by atoms with Crippen molar-refractivity contribution in [1.82, 2.24) is 35.1 Å². The molecule has 0 unspecified atom stereocenters. The van der Waals surface area contributed by atoms with E-state index in [2.05, 4.69) is 25.6 Å². The van der Waals surface area contributed by atoms with Gasteiger partial charge in [-0.1, -0.05) is 18.2 Å². The zero-order chi connectivity index (χ0) is 17.8. The Morgan fingerprint density at radius 3 is 2.80 bits per heavy atom. The average Bonchev–Trinajstić information content (AvgIpc) is 3.08. The highest BCUT2D eigenvalue weighted by Gasteiger charge is 2.07. The monoisotopic (exact) mass is 341 g/mol. The topological polar surface area (TPSA) is 113 Å². The molecule has 1 aromatic carbocycles. The van der Waals surface area contributed by atoms with Crippen LogP contribution >= 0.6 is 0 Å². The molecule has 0 saturated heterocycles. The summed E-state index contributed by atoms with van der Waals surface area (Å²) < 4.78 is 1.21. The second kappa shape index (κ2) is 7.22. The number of nitrogens with one attached hydrogen (secondary N) is 2. The Hall–Kier alpha value is -3.07. The molecule has 2 heterocycles. The van der Waals surface area contributed by atoms with Crippen molar-refractivity contribution in [3.8, 4) is 11.4 Å². The smallest absolute Gasteiger partial charge is 0.311 e. The number of benzene rings is 1. The first kappa shape index (κ1) is 16.8. The standard InChI is InChI=1S/C16H19N7O2/c1-11-8-14(24)23(16(25)17-11)7-6-22(2)10-12-4-3-5-13(9-12)15-18-20-21-19-15/h3-5,8-9H,6-7,10H2,1-2H3,(H,17,25)(H,18,19,20,21). The van der Waals surface area contributed by atoms with Crippen molar-refractivity contribution in [2.45, 2.75) is 20.0 Å². The van der Waals surface area contributed by atoms with Gasteiger partial charge in [-0.15, -0.1) is 10.2 Å². The number of likely N-dealkylation sites (N-methyl/N-ethyl adjacent to an activating group) is 1. The normalized spacial score (nSPS) is 11.2. The van der Waals surface area contributed by atoms with Gasteiger partial charge in [0.15, 0.2) is 0 Å². The molecule has 0 aliphatic carbocycles. The van der Waals surface area contributed by atoms with Crippen molar-refractivity contribution < 1.29 is 0 Å². The highest BCUT2D eigenvalue weighted by Crippen LogP contribution is 2.15. The van der Waals surface area contributed by atoms with E-state index in [9.17, 15) is 9.59 Å². The largest absolute Gasteiger partial charge is 0.328 e. The van der Waals surface area contributed by atoms with Crippen LogP contribution in [-0.4, -0.2) is 48.7 Å². The van der Waals surface area contributed by atoms with Crippen LogP contribution in [0.1, 0.15) is 11.3 Å². The van der Waals surface area contributed by atoms with Crippen LogP contribution in [0, 0.1) is 6.92 Å². The number of aryl methyl sites for hydroxylation is 1. The quantitative estimate of drug-likeness (QED) is 0.660. The number of nitrogens with zero attached hydrogens (tertiary/aromatic N) is 5. The predicted octanol–water partition coefficient (Wildman–Crippen LogP) is 0.157. The Morgan fingerprint density at radius 2 is 2.08 bits per heavy atom. The maximum absolute atomic E-state index is 11.9. The van der Waals surface area contributed by atoms with Gasteiger partial charge in [-0.05, 0) is 30.8 Å². The minimum atomic E-state index is -0.377. The highest BCUT2D eigenvalue weighted by molar-refractivity contribution is 5.54. The van der Waals surface area contributed by atoms with Crippen LogP contribution in [0.4, 0.5) is 0 Å². The number of aromatic amines is 2. The van der Waals surface area contributed by atoms with Gasteiger partial charge in [0.05, 0.1) is 0 Å². The molecule has 2 aromatic heterocycles. The lowest BCUT2D eigenvalue weighted by atomic mass is 10.1. The second-order valence-electron chi connectivity index (χ2n) is 5.92. The third kappa shape index (κ3) is 4.07. The van der Waals surface area contributed by atoms with Crippen molar-refractivity contribution in [2.24, 2.45) is 0 Å². The fraction of sp³-hybridized carbons (Fsp3) is 0.312. The van der Waals surface area contributed by atoms with Crippen LogP contribution in [0.3, 0.4) is 0 Å². The SMILES string of the molecule is Cc1cc(=O)n(CCN(C)Cc2cccc(-c3nn[nH]n3)c2)c(=O)[nH]1. The molecular weight excluding hydrogens is 322 g/mol. The van der Waals surface area contributed by atoms with E-state index in [1.807, 2.05) is 36.2 Å². The Labute approximate surface area is 143 Å². The van der Waals surface area contributed by atoms with Crippen molar-refractivity contribution in [1.29, 1.82) is 0 Å². The zero-order valence-corrected chi connectivity index (χ0v) is 14.1. The molecule has 0 aliphatic rings. The minimum absolute atomic E-state index is 0.284. The van der Waals surface area contributed by atoms with E-state index in [-0.39, 0.29) is 11.2 Å². The molecule has 0 amide bonds. The van der Waals surface area contributed by atoms with Gasteiger partial charge in [0.1, 0.15) is 0 Å². The molecule has 0 bridgehead atoms. The first-order valence-corrected chi connectivity index (χ1v) is 7.85. The maximum atomic E-state index is 11.9. The Bertz CT molecular complexity index is 928. The lowest BCUT2D eigenvalue weighted by molar-refractivity contribution is 0.307. The maximum Gasteiger partial charge on any atom is 0.328 e. The van der Waals surface area contributed by atoms with Crippen LogP contribution in [0.5, 0.6) is 0 Å². The second-order valence-corrected chi connectivity index (χ2v) is 5.92. The molecule has 0 atom stereocenters. The first-order valence-electron chi connectivity index (χ1n) is 7.85. The van der Waals surface area contributed by atoms with E-state index in [1.165, 1.54) is 10.6 Å². The predicted molar refractivity (Wildman–Crippen MR) is 92.0 cm³/mol. The first-order chi connectivity index (χ1) is 12.0. The third-order valence-electron chi connectivity index (χ3n) is 3.84. The molecule has 9 heteroatoms. The molecule has 3 rings (SSSR count). The number of tetrazole rings is 1. The lowest BCUT2D eigenvalue weighted by Crippen LogP contribution is -2.38. The van der Waals surface area contributed by atoms with E-state index in [4.69, 9.17) is 0 Å². The van der Waals surface area contributed by atoms with E-state index < -0.39 is 0 Å². The van der Waals surface area contributed by atoms with Crippen molar-refractivity contribution >= 4 is 0 Å². The minimum Gasteiger partial charge on any atom is -0.311 e. The Morgan fingerprint density at radius 1 is 1.24 bits per heavy atom. The lowest BCUT2D eigenvalue weighted by Gasteiger charge is -2.17. The van der Waals surface area contributed by atoms with Crippen LogP contribution < -0.4 is 11.2 Å². The molecule has 130 valence electrons. The van der Waals surface area contributed by atoms with Crippen LogP contribution in [0.25, 0.3) is 11.4 Å². The fourth-order valence-electron chi connectivity index (χ4n) is 2.60. The molecule has 2 N–H and O–H groups in total. The van der Waals surface area contributed by atoms with Gasteiger partial charge >= 0.3 is 5.69 Å². The van der Waals surface area contributed by atoms with Gasteiger partial charge < -0.3 is 9.88 Å². The third-order valence-corrected chi connectivity index (χ3v) is 3.84. The number of H-pyrrole nitrogens is 2.